The van der Waals surface area contributed by atoms with Crippen molar-refractivity contribution in [3.05, 3.63) is 57.0 Å². The minimum Gasteiger partial charge on any atom is -0.496 e. The standard InChI is InChI=1S/C18H19BrClNO2/c1-22-17-4-2-12(13-6-7-21-10-13)8-14(17)11-23-18-5-3-15(19)9-16(18)20/h2-5,8-9,13,21H,6-7,10-11H2,1H3. The van der Waals surface area contributed by atoms with Crippen LogP contribution in [0.15, 0.2) is 40.9 Å². The van der Waals surface area contributed by atoms with Gasteiger partial charge in [0.2, 0.25) is 0 Å². The topological polar surface area (TPSA) is 30.5 Å². The Balaban J connectivity index is 1.78. The fraction of sp³-hybridized carbons (Fsp3) is 0.333. The summed E-state index contributed by atoms with van der Waals surface area (Å²) in [5.74, 6) is 2.08. The first-order valence-corrected chi connectivity index (χ1v) is 8.80. The van der Waals surface area contributed by atoms with E-state index in [4.69, 9.17) is 21.1 Å². The van der Waals surface area contributed by atoms with Gasteiger partial charge < -0.3 is 14.8 Å². The third kappa shape index (κ3) is 4.00. The zero-order valence-corrected chi connectivity index (χ0v) is 15.3. The SMILES string of the molecule is COc1ccc(C2CCNC2)cc1COc1ccc(Br)cc1Cl. The van der Waals surface area contributed by atoms with Gasteiger partial charge in [0.05, 0.1) is 12.1 Å². The molecule has 0 bridgehead atoms. The predicted molar refractivity (Wildman–Crippen MR) is 96.7 cm³/mol. The van der Waals surface area contributed by atoms with Crippen molar-refractivity contribution >= 4 is 27.5 Å². The summed E-state index contributed by atoms with van der Waals surface area (Å²) in [6, 6.07) is 12.0. The zero-order valence-electron chi connectivity index (χ0n) is 12.9. The van der Waals surface area contributed by atoms with Crippen molar-refractivity contribution in [1.29, 1.82) is 0 Å². The second-order valence-corrected chi connectivity index (χ2v) is 6.95. The molecule has 1 atom stereocenters. The van der Waals surface area contributed by atoms with Gasteiger partial charge in [-0.15, -0.1) is 0 Å². The Bertz CT molecular complexity index is 687. The lowest BCUT2D eigenvalue weighted by Gasteiger charge is -2.15. The molecule has 1 saturated heterocycles. The number of ether oxygens (including phenoxy) is 2. The van der Waals surface area contributed by atoms with Crippen LogP contribution in [0.4, 0.5) is 0 Å². The van der Waals surface area contributed by atoms with E-state index in [0.717, 1.165) is 28.9 Å². The van der Waals surface area contributed by atoms with Crippen LogP contribution >= 0.6 is 27.5 Å². The molecule has 0 radical (unpaired) electrons. The van der Waals surface area contributed by atoms with Crippen LogP contribution in [0.25, 0.3) is 0 Å². The first-order chi connectivity index (χ1) is 11.2. The lowest BCUT2D eigenvalue weighted by atomic mass is 9.96. The van der Waals surface area contributed by atoms with Gasteiger partial charge in [-0.05, 0) is 54.8 Å². The average Bonchev–Trinajstić information content (AvgIpc) is 3.08. The van der Waals surface area contributed by atoms with E-state index in [1.54, 1.807) is 7.11 Å². The normalized spacial score (nSPS) is 17.3. The summed E-state index contributed by atoms with van der Waals surface area (Å²) in [7, 11) is 1.68. The van der Waals surface area contributed by atoms with Crippen molar-refractivity contribution in [2.24, 2.45) is 0 Å². The Hall–Kier alpha value is -1.23. The molecule has 1 aliphatic heterocycles. The van der Waals surface area contributed by atoms with Crippen LogP contribution in [-0.4, -0.2) is 20.2 Å². The molecule has 0 amide bonds. The van der Waals surface area contributed by atoms with Gasteiger partial charge >= 0.3 is 0 Å². The van der Waals surface area contributed by atoms with Crippen LogP contribution < -0.4 is 14.8 Å². The van der Waals surface area contributed by atoms with Crippen molar-refractivity contribution in [1.82, 2.24) is 5.32 Å². The second-order valence-electron chi connectivity index (χ2n) is 5.62. The van der Waals surface area contributed by atoms with E-state index in [1.165, 1.54) is 12.0 Å². The molecule has 0 spiro atoms. The molecule has 0 aromatic heterocycles. The number of hydrogen-bond donors (Lipinski definition) is 1. The van der Waals surface area contributed by atoms with Crippen molar-refractivity contribution in [2.75, 3.05) is 20.2 Å². The molecule has 1 fully saturated rings. The predicted octanol–water partition coefficient (Wildman–Crippen LogP) is 4.77. The Morgan fingerprint density at radius 2 is 2.04 bits per heavy atom. The summed E-state index contributed by atoms with van der Waals surface area (Å²) in [6.45, 7) is 2.54. The molecule has 1 aliphatic rings. The monoisotopic (exact) mass is 395 g/mol. The summed E-state index contributed by atoms with van der Waals surface area (Å²) >= 11 is 9.61. The van der Waals surface area contributed by atoms with Crippen molar-refractivity contribution in [3.8, 4) is 11.5 Å². The highest BCUT2D eigenvalue weighted by atomic mass is 79.9. The van der Waals surface area contributed by atoms with E-state index < -0.39 is 0 Å². The van der Waals surface area contributed by atoms with E-state index in [-0.39, 0.29) is 0 Å². The Kier molecular flexibility index (Phi) is 5.46. The van der Waals surface area contributed by atoms with Gasteiger partial charge in [0, 0.05) is 16.6 Å². The quantitative estimate of drug-likeness (QED) is 0.790. The Morgan fingerprint density at radius 1 is 1.22 bits per heavy atom. The molecule has 1 heterocycles. The van der Waals surface area contributed by atoms with Crippen LogP contribution in [0, 0.1) is 0 Å². The number of rotatable bonds is 5. The molecule has 122 valence electrons. The van der Waals surface area contributed by atoms with Crippen LogP contribution in [0.2, 0.25) is 5.02 Å². The van der Waals surface area contributed by atoms with E-state index in [9.17, 15) is 0 Å². The summed E-state index contributed by atoms with van der Waals surface area (Å²) in [6.07, 6.45) is 1.17. The third-order valence-corrected chi connectivity index (χ3v) is 4.90. The van der Waals surface area contributed by atoms with Gasteiger partial charge in [0.15, 0.2) is 0 Å². The summed E-state index contributed by atoms with van der Waals surface area (Å²) in [4.78, 5) is 0. The summed E-state index contributed by atoms with van der Waals surface area (Å²) < 4.78 is 12.3. The van der Waals surface area contributed by atoms with E-state index in [0.29, 0.717) is 23.3 Å². The molecular weight excluding hydrogens is 378 g/mol. The molecule has 3 rings (SSSR count). The molecular formula is C18H19BrClNO2. The molecule has 2 aromatic carbocycles. The van der Waals surface area contributed by atoms with Gasteiger partial charge in [0.1, 0.15) is 18.1 Å². The van der Waals surface area contributed by atoms with Crippen LogP contribution in [0.3, 0.4) is 0 Å². The summed E-state index contributed by atoms with van der Waals surface area (Å²) in [5, 5.41) is 4.00. The Labute approximate surface area is 150 Å². The highest BCUT2D eigenvalue weighted by Gasteiger charge is 2.18. The smallest absolute Gasteiger partial charge is 0.138 e. The third-order valence-electron chi connectivity index (χ3n) is 4.11. The summed E-state index contributed by atoms with van der Waals surface area (Å²) in [5.41, 5.74) is 2.37. The molecule has 0 saturated carbocycles. The van der Waals surface area contributed by atoms with Crippen molar-refractivity contribution < 1.29 is 9.47 Å². The number of methoxy groups -OCH3 is 1. The number of nitrogens with one attached hydrogen (secondary N) is 1. The molecule has 1 N–H and O–H groups in total. The van der Waals surface area contributed by atoms with E-state index >= 15 is 0 Å². The lowest BCUT2D eigenvalue weighted by Crippen LogP contribution is -2.08. The first kappa shape index (κ1) is 16.6. The minimum atomic E-state index is 0.429. The van der Waals surface area contributed by atoms with Crippen LogP contribution in [0.1, 0.15) is 23.5 Å². The molecule has 23 heavy (non-hydrogen) atoms. The van der Waals surface area contributed by atoms with Gasteiger partial charge in [-0.2, -0.15) is 0 Å². The first-order valence-electron chi connectivity index (χ1n) is 7.63. The van der Waals surface area contributed by atoms with E-state index in [2.05, 4.69) is 33.4 Å². The molecule has 5 heteroatoms. The molecule has 0 aliphatic carbocycles. The molecule has 2 aromatic rings. The Morgan fingerprint density at radius 3 is 2.74 bits per heavy atom. The fourth-order valence-corrected chi connectivity index (χ4v) is 3.58. The van der Waals surface area contributed by atoms with Crippen LogP contribution in [0.5, 0.6) is 11.5 Å². The number of benzene rings is 2. The van der Waals surface area contributed by atoms with Crippen molar-refractivity contribution in [2.45, 2.75) is 18.9 Å². The fourth-order valence-electron chi connectivity index (χ4n) is 2.85. The number of hydrogen-bond acceptors (Lipinski definition) is 3. The van der Waals surface area contributed by atoms with E-state index in [1.807, 2.05) is 24.3 Å². The zero-order chi connectivity index (χ0) is 16.2. The second kappa shape index (κ2) is 7.56. The van der Waals surface area contributed by atoms with Gasteiger partial charge in [0.25, 0.3) is 0 Å². The average molecular weight is 397 g/mol. The maximum absolute atomic E-state index is 6.21. The minimum absolute atomic E-state index is 0.429. The van der Waals surface area contributed by atoms with Gasteiger partial charge in [-0.3, -0.25) is 0 Å². The number of halogens is 2. The molecule has 1 unspecified atom stereocenters. The lowest BCUT2D eigenvalue weighted by molar-refractivity contribution is 0.296. The van der Waals surface area contributed by atoms with Gasteiger partial charge in [-0.25, -0.2) is 0 Å². The van der Waals surface area contributed by atoms with Crippen molar-refractivity contribution in [3.63, 3.8) is 0 Å². The maximum atomic E-state index is 6.21. The largest absolute Gasteiger partial charge is 0.496 e. The highest BCUT2D eigenvalue weighted by Crippen LogP contribution is 2.31. The molecule has 3 nitrogen and oxygen atoms in total. The van der Waals surface area contributed by atoms with Crippen LogP contribution in [-0.2, 0) is 6.61 Å². The highest BCUT2D eigenvalue weighted by molar-refractivity contribution is 9.10. The van der Waals surface area contributed by atoms with Gasteiger partial charge in [-0.1, -0.05) is 33.6 Å². The maximum Gasteiger partial charge on any atom is 0.138 e.